The van der Waals surface area contributed by atoms with Crippen molar-refractivity contribution >= 4 is 11.6 Å². The third-order valence-electron chi connectivity index (χ3n) is 2.34. The molecule has 1 fully saturated rings. The molecule has 0 aromatic carbocycles. The van der Waals surface area contributed by atoms with Crippen molar-refractivity contribution in [2.45, 2.75) is 50.8 Å². The number of alkyl halides is 1. The Balaban J connectivity index is 1.89. The van der Waals surface area contributed by atoms with Gasteiger partial charge in [-0.05, 0) is 38.5 Å². The highest BCUT2D eigenvalue weighted by molar-refractivity contribution is 6.20. The molecule has 68 valence electrons. The molecule has 0 N–H and O–H groups in total. The molecule has 1 heteroatoms. The third-order valence-corrected chi connectivity index (χ3v) is 2.92. The van der Waals surface area contributed by atoms with Crippen LogP contribution < -0.4 is 0 Å². The predicted molar refractivity (Wildman–Crippen MR) is 54.3 cm³/mol. The summed E-state index contributed by atoms with van der Waals surface area (Å²) in [5.74, 6) is 6.83. The maximum Gasteiger partial charge on any atom is 0.0364 e. The van der Waals surface area contributed by atoms with Crippen LogP contribution in [0.25, 0.3) is 0 Å². The predicted octanol–water partition coefficient (Wildman–Crippen LogP) is 3.59. The first kappa shape index (κ1) is 9.93. The molecule has 1 rings (SSSR count). The lowest BCUT2D eigenvalue weighted by atomic mass is 10.1. The summed E-state index contributed by atoms with van der Waals surface area (Å²) in [5.41, 5.74) is 0. The fourth-order valence-corrected chi connectivity index (χ4v) is 1.78. The Kier molecular flexibility index (Phi) is 4.54. The summed E-state index contributed by atoms with van der Waals surface area (Å²) < 4.78 is 0. The lowest BCUT2D eigenvalue weighted by Gasteiger charge is -2.05. The molecule has 0 saturated heterocycles. The maximum atomic E-state index is 6.15. The van der Waals surface area contributed by atoms with Crippen LogP contribution in [-0.4, -0.2) is 5.38 Å². The quantitative estimate of drug-likeness (QED) is 0.348. The Morgan fingerprint density at radius 3 is 2.75 bits per heavy atom. The lowest BCUT2D eigenvalue weighted by Crippen LogP contribution is -2.00. The van der Waals surface area contributed by atoms with E-state index >= 15 is 0 Å². The minimum Gasteiger partial charge on any atom is -0.123 e. The largest absolute Gasteiger partial charge is 0.123 e. The summed E-state index contributed by atoms with van der Waals surface area (Å²) in [6.07, 6.45) is 7.43. The highest BCUT2D eigenvalue weighted by Gasteiger charge is 2.28. The minimum absolute atomic E-state index is 0.458. The molecule has 0 radical (unpaired) electrons. The Morgan fingerprint density at radius 2 is 2.17 bits per heavy atom. The standard InChI is InChI=1S/C11H17Cl/c1-2-3-4-5-6-7-11(12)10-8-9-10/h10-11H,4-9H2,1H3. The molecule has 1 saturated carbocycles. The highest BCUT2D eigenvalue weighted by atomic mass is 35.5. The molecule has 12 heavy (non-hydrogen) atoms. The second-order valence-electron chi connectivity index (χ2n) is 3.53. The van der Waals surface area contributed by atoms with E-state index in [1.807, 2.05) is 6.92 Å². The molecule has 0 aromatic heterocycles. The van der Waals surface area contributed by atoms with Gasteiger partial charge in [-0.15, -0.1) is 23.4 Å². The molecule has 0 bridgehead atoms. The van der Waals surface area contributed by atoms with E-state index < -0.39 is 0 Å². The van der Waals surface area contributed by atoms with Gasteiger partial charge in [0.05, 0.1) is 0 Å². The summed E-state index contributed by atoms with van der Waals surface area (Å²) in [5, 5.41) is 0.458. The summed E-state index contributed by atoms with van der Waals surface area (Å²) in [7, 11) is 0. The summed E-state index contributed by atoms with van der Waals surface area (Å²) in [6, 6.07) is 0. The summed E-state index contributed by atoms with van der Waals surface area (Å²) >= 11 is 6.15. The van der Waals surface area contributed by atoms with Gasteiger partial charge in [0.25, 0.3) is 0 Å². The van der Waals surface area contributed by atoms with Gasteiger partial charge in [-0.3, -0.25) is 0 Å². The van der Waals surface area contributed by atoms with E-state index in [0.717, 1.165) is 12.3 Å². The highest BCUT2D eigenvalue weighted by Crippen LogP contribution is 2.37. The normalized spacial score (nSPS) is 18.2. The van der Waals surface area contributed by atoms with Gasteiger partial charge in [-0.2, -0.15) is 0 Å². The molecular weight excluding hydrogens is 168 g/mol. The molecule has 1 atom stereocenters. The van der Waals surface area contributed by atoms with E-state index in [9.17, 15) is 0 Å². The van der Waals surface area contributed by atoms with Crippen molar-refractivity contribution in [3.05, 3.63) is 0 Å². The first-order chi connectivity index (χ1) is 5.84. The smallest absolute Gasteiger partial charge is 0.0364 e. The molecule has 0 amide bonds. The molecule has 0 aliphatic heterocycles. The van der Waals surface area contributed by atoms with Crippen molar-refractivity contribution in [2.75, 3.05) is 0 Å². The van der Waals surface area contributed by atoms with E-state index in [1.165, 1.54) is 32.1 Å². The van der Waals surface area contributed by atoms with Gasteiger partial charge in [0.15, 0.2) is 0 Å². The first-order valence-corrected chi connectivity index (χ1v) is 5.32. The van der Waals surface area contributed by atoms with E-state index in [-0.39, 0.29) is 0 Å². The maximum absolute atomic E-state index is 6.15. The van der Waals surface area contributed by atoms with Gasteiger partial charge >= 0.3 is 0 Å². The van der Waals surface area contributed by atoms with Crippen molar-refractivity contribution in [1.82, 2.24) is 0 Å². The molecule has 1 aliphatic carbocycles. The summed E-state index contributed by atoms with van der Waals surface area (Å²) in [4.78, 5) is 0. The molecule has 1 unspecified atom stereocenters. The monoisotopic (exact) mass is 184 g/mol. The Hall–Kier alpha value is -0.150. The van der Waals surface area contributed by atoms with Gasteiger partial charge in [-0.25, -0.2) is 0 Å². The fraction of sp³-hybridized carbons (Fsp3) is 0.818. The average molecular weight is 185 g/mol. The zero-order valence-electron chi connectivity index (χ0n) is 7.78. The van der Waals surface area contributed by atoms with Crippen molar-refractivity contribution in [3.63, 3.8) is 0 Å². The first-order valence-electron chi connectivity index (χ1n) is 4.88. The van der Waals surface area contributed by atoms with Crippen LogP contribution in [-0.2, 0) is 0 Å². The lowest BCUT2D eigenvalue weighted by molar-refractivity contribution is 0.617. The van der Waals surface area contributed by atoms with Crippen LogP contribution in [0, 0.1) is 17.8 Å². The van der Waals surface area contributed by atoms with Crippen molar-refractivity contribution in [2.24, 2.45) is 5.92 Å². The Labute approximate surface area is 80.7 Å². The number of unbranched alkanes of at least 4 members (excludes halogenated alkanes) is 2. The van der Waals surface area contributed by atoms with E-state index in [1.54, 1.807) is 0 Å². The zero-order chi connectivity index (χ0) is 8.81. The number of hydrogen-bond acceptors (Lipinski definition) is 0. The average Bonchev–Trinajstić information content (AvgIpc) is 2.86. The third kappa shape index (κ3) is 4.02. The van der Waals surface area contributed by atoms with Gasteiger partial charge in [0.2, 0.25) is 0 Å². The molecule has 0 heterocycles. The van der Waals surface area contributed by atoms with E-state index in [4.69, 9.17) is 11.6 Å². The van der Waals surface area contributed by atoms with Crippen LogP contribution >= 0.6 is 11.6 Å². The molecule has 1 aliphatic rings. The fourth-order valence-electron chi connectivity index (χ4n) is 1.37. The molecule has 0 spiro atoms. The molecule has 0 nitrogen and oxygen atoms in total. The summed E-state index contributed by atoms with van der Waals surface area (Å²) in [6.45, 7) is 1.90. The van der Waals surface area contributed by atoms with Crippen molar-refractivity contribution in [1.29, 1.82) is 0 Å². The van der Waals surface area contributed by atoms with Gasteiger partial charge in [0, 0.05) is 11.8 Å². The van der Waals surface area contributed by atoms with Gasteiger partial charge < -0.3 is 0 Å². The van der Waals surface area contributed by atoms with Gasteiger partial charge in [-0.1, -0.05) is 6.42 Å². The molecule has 0 aromatic rings. The van der Waals surface area contributed by atoms with Crippen LogP contribution in [0.3, 0.4) is 0 Å². The van der Waals surface area contributed by atoms with Crippen molar-refractivity contribution < 1.29 is 0 Å². The van der Waals surface area contributed by atoms with E-state index in [2.05, 4.69) is 11.8 Å². The van der Waals surface area contributed by atoms with Gasteiger partial charge in [0.1, 0.15) is 0 Å². The van der Waals surface area contributed by atoms with Crippen LogP contribution in [0.5, 0.6) is 0 Å². The zero-order valence-corrected chi connectivity index (χ0v) is 8.53. The number of hydrogen-bond donors (Lipinski definition) is 0. The van der Waals surface area contributed by atoms with Crippen LogP contribution in [0.2, 0.25) is 0 Å². The van der Waals surface area contributed by atoms with Crippen molar-refractivity contribution in [3.8, 4) is 11.8 Å². The van der Waals surface area contributed by atoms with E-state index in [0.29, 0.717) is 5.38 Å². The second-order valence-corrected chi connectivity index (χ2v) is 4.09. The Bertz CT molecular complexity index is 171. The van der Waals surface area contributed by atoms with Crippen LogP contribution in [0.15, 0.2) is 0 Å². The van der Waals surface area contributed by atoms with Crippen LogP contribution in [0.4, 0.5) is 0 Å². The minimum atomic E-state index is 0.458. The number of rotatable bonds is 5. The number of halogens is 1. The second kappa shape index (κ2) is 5.49. The van der Waals surface area contributed by atoms with Crippen LogP contribution in [0.1, 0.15) is 45.4 Å². The Morgan fingerprint density at radius 1 is 1.42 bits per heavy atom. The topological polar surface area (TPSA) is 0 Å². The molecular formula is C11H17Cl. The SMILES string of the molecule is CC#CCCCCC(Cl)C1CC1.